The first-order valence-electron chi connectivity index (χ1n) is 12.7. The monoisotopic (exact) mass is 510 g/mol. The summed E-state index contributed by atoms with van der Waals surface area (Å²) in [5.41, 5.74) is 2.53. The fourth-order valence-electron chi connectivity index (χ4n) is 4.73. The summed E-state index contributed by atoms with van der Waals surface area (Å²) in [6.45, 7) is 7.02. The minimum atomic E-state index is -0.843. The molecular weight excluding hydrogens is 480 g/mol. The third-order valence-corrected chi connectivity index (χ3v) is 6.48. The number of ketones is 1. The van der Waals surface area contributed by atoms with E-state index < -0.39 is 17.7 Å². The lowest BCUT2D eigenvalue weighted by Gasteiger charge is -2.25. The Bertz CT molecular complexity index is 1520. The molecule has 3 aromatic carbocycles. The number of carbonyl (C=O) groups excluding carboxylic acids is 2. The van der Waals surface area contributed by atoms with Gasteiger partial charge in [-0.1, -0.05) is 44.2 Å². The predicted molar refractivity (Wildman–Crippen MR) is 147 cm³/mol. The van der Waals surface area contributed by atoms with E-state index in [9.17, 15) is 14.7 Å². The number of aliphatic hydroxyl groups is 1. The molecule has 1 aromatic heterocycles. The number of hydrogen-bond donors (Lipinski definition) is 2. The molecule has 1 unspecified atom stereocenters. The number of aromatic amines is 1. The second-order valence-corrected chi connectivity index (χ2v) is 9.62. The maximum atomic E-state index is 13.5. The number of nitrogens with one attached hydrogen (secondary N) is 1. The van der Waals surface area contributed by atoms with Crippen LogP contribution in [0.3, 0.4) is 0 Å². The average molecular weight is 511 g/mol. The van der Waals surface area contributed by atoms with Crippen molar-refractivity contribution >= 4 is 34.0 Å². The molecule has 1 saturated heterocycles. The van der Waals surface area contributed by atoms with Gasteiger partial charge in [-0.25, -0.2) is 0 Å². The highest BCUT2D eigenvalue weighted by Crippen LogP contribution is 2.44. The van der Waals surface area contributed by atoms with Gasteiger partial charge in [-0.3, -0.25) is 14.5 Å². The molecule has 5 rings (SSSR count). The Morgan fingerprint density at radius 3 is 2.47 bits per heavy atom. The number of para-hydroxylation sites is 1. The van der Waals surface area contributed by atoms with Crippen LogP contribution in [0.2, 0.25) is 0 Å². The van der Waals surface area contributed by atoms with E-state index in [0.29, 0.717) is 47.4 Å². The van der Waals surface area contributed by atoms with Crippen LogP contribution in [0.25, 0.3) is 16.7 Å². The topological polar surface area (TPSA) is 91.9 Å². The van der Waals surface area contributed by atoms with Crippen molar-refractivity contribution in [3.8, 4) is 11.5 Å². The fraction of sp³-hybridized carbons (Fsp3) is 0.226. The zero-order chi connectivity index (χ0) is 26.8. The Kier molecular flexibility index (Phi) is 6.92. The second-order valence-electron chi connectivity index (χ2n) is 9.62. The van der Waals surface area contributed by atoms with Crippen LogP contribution in [0.5, 0.6) is 11.5 Å². The van der Waals surface area contributed by atoms with Crippen molar-refractivity contribution in [2.45, 2.75) is 26.8 Å². The summed E-state index contributed by atoms with van der Waals surface area (Å²) in [7, 11) is 0. The van der Waals surface area contributed by atoms with Gasteiger partial charge in [0.2, 0.25) is 0 Å². The van der Waals surface area contributed by atoms with E-state index in [2.05, 4.69) is 4.98 Å². The molecule has 1 aliphatic heterocycles. The number of aromatic nitrogens is 1. The molecule has 1 atom stereocenters. The number of fused-ring (bicyclic) bond motifs is 1. The van der Waals surface area contributed by atoms with Crippen molar-refractivity contribution in [1.82, 2.24) is 4.98 Å². The van der Waals surface area contributed by atoms with Gasteiger partial charge in [0.25, 0.3) is 11.7 Å². The Balaban J connectivity index is 1.66. The van der Waals surface area contributed by atoms with Crippen molar-refractivity contribution in [3.63, 3.8) is 0 Å². The maximum absolute atomic E-state index is 13.5. The van der Waals surface area contributed by atoms with Gasteiger partial charge in [0.15, 0.2) is 0 Å². The lowest BCUT2D eigenvalue weighted by atomic mass is 9.94. The number of amides is 1. The van der Waals surface area contributed by atoms with E-state index in [-0.39, 0.29) is 11.3 Å². The average Bonchev–Trinajstić information content (AvgIpc) is 3.46. The number of hydrogen-bond acceptors (Lipinski definition) is 5. The Morgan fingerprint density at radius 1 is 0.974 bits per heavy atom. The number of rotatable bonds is 8. The zero-order valence-corrected chi connectivity index (χ0v) is 21.6. The highest BCUT2D eigenvalue weighted by atomic mass is 16.5. The van der Waals surface area contributed by atoms with Crippen molar-refractivity contribution in [1.29, 1.82) is 0 Å². The highest BCUT2D eigenvalue weighted by molar-refractivity contribution is 6.51. The van der Waals surface area contributed by atoms with Gasteiger partial charge in [-0.15, -0.1) is 0 Å². The second kappa shape index (κ2) is 10.5. The lowest BCUT2D eigenvalue weighted by Crippen LogP contribution is -2.29. The molecule has 0 spiro atoms. The van der Waals surface area contributed by atoms with Crippen LogP contribution in [-0.2, 0) is 9.59 Å². The van der Waals surface area contributed by atoms with Crippen LogP contribution in [0.15, 0.2) is 84.6 Å². The van der Waals surface area contributed by atoms with Crippen molar-refractivity contribution in [2.24, 2.45) is 5.92 Å². The van der Waals surface area contributed by atoms with Crippen molar-refractivity contribution < 1.29 is 24.2 Å². The molecule has 0 radical (unpaired) electrons. The summed E-state index contributed by atoms with van der Waals surface area (Å²) in [5, 5.41) is 12.4. The van der Waals surface area contributed by atoms with Gasteiger partial charge >= 0.3 is 0 Å². The van der Waals surface area contributed by atoms with E-state index in [0.717, 1.165) is 10.9 Å². The van der Waals surface area contributed by atoms with Crippen LogP contribution in [0, 0.1) is 5.92 Å². The third kappa shape index (κ3) is 4.63. The molecule has 1 amide bonds. The Hall–Kier alpha value is -4.52. The summed E-state index contributed by atoms with van der Waals surface area (Å²) >= 11 is 0. The molecule has 2 heterocycles. The SMILES string of the molecule is CCOc1ccc(N2C(=O)C(=O)/C(=C(/O)c3cccc(OCC(C)C)c3)C2c2c[nH]c3ccccc23)cc1. The molecule has 2 N–H and O–H groups in total. The first-order chi connectivity index (χ1) is 18.4. The van der Waals surface area contributed by atoms with Crippen LogP contribution in [0.1, 0.15) is 37.9 Å². The molecule has 0 saturated carbocycles. The van der Waals surface area contributed by atoms with Crippen molar-refractivity contribution in [3.05, 3.63) is 95.7 Å². The minimum absolute atomic E-state index is 0.0228. The van der Waals surface area contributed by atoms with Gasteiger partial charge in [-0.05, 0) is 55.3 Å². The lowest BCUT2D eigenvalue weighted by molar-refractivity contribution is -0.132. The van der Waals surface area contributed by atoms with E-state index in [1.165, 1.54) is 4.90 Å². The van der Waals surface area contributed by atoms with Crippen LogP contribution in [-0.4, -0.2) is 35.0 Å². The molecule has 38 heavy (non-hydrogen) atoms. The Labute approximate surface area is 221 Å². The number of H-pyrrole nitrogens is 1. The van der Waals surface area contributed by atoms with Gasteiger partial charge < -0.3 is 19.6 Å². The predicted octanol–water partition coefficient (Wildman–Crippen LogP) is 6.23. The Morgan fingerprint density at radius 2 is 1.74 bits per heavy atom. The molecule has 7 nitrogen and oxygen atoms in total. The number of aliphatic hydroxyl groups excluding tert-OH is 1. The zero-order valence-electron chi connectivity index (χ0n) is 21.6. The number of Topliss-reactive ketones (excluding diaryl/α,β-unsaturated/α-hetero) is 1. The van der Waals surface area contributed by atoms with Gasteiger partial charge in [0, 0.05) is 33.9 Å². The summed E-state index contributed by atoms with van der Waals surface area (Å²) in [4.78, 5) is 31.7. The molecule has 1 aliphatic rings. The maximum Gasteiger partial charge on any atom is 0.300 e. The standard InChI is InChI=1S/C31H30N2O5/c1-4-37-22-14-12-21(13-15-22)33-28(25-17-32-26-11-6-5-10-24(25)26)27(30(35)31(33)36)29(34)20-8-7-9-23(16-20)38-18-19(2)3/h5-17,19,28,32,34H,4,18H2,1-3H3/b29-27+. The summed E-state index contributed by atoms with van der Waals surface area (Å²) in [6, 6.07) is 20.8. The van der Waals surface area contributed by atoms with Crippen LogP contribution in [0.4, 0.5) is 5.69 Å². The number of anilines is 1. The number of nitrogens with zero attached hydrogens (tertiary/aromatic N) is 1. The molecule has 0 bridgehead atoms. The van der Waals surface area contributed by atoms with Crippen molar-refractivity contribution in [2.75, 3.05) is 18.1 Å². The van der Waals surface area contributed by atoms with E-state index in [4.69, 9.17) is 9.47 Å². The van der Waals surface area contributed by atoms with Crippen LogP contribution < -0.4 is 14.4 Å². The molecule has 0 aliphatic carbocycles. The normalized spacial score (nSPS) is 16.9. The van der Waals surface area contributed by atoms with E-state index in [1.807, 2.05) is 45.0 Å². The molecule has 7 heteroatoms. The number of ether oxygens (including phenoxy) is 2. The molecule has 1 fully saturated rings. The fourth-order valence-corrected chi connectivity index (χ4v) is 4.73. The largest absolute Gasteiger partial charge is 0.507 e. The first-order valence-corrected chi connectivity index (χ1v) is 12.7. The molecule has 194 valence electrons. The van der Waals surface area contributed by atoms with E-state index in [1.54, 1.807) is 54.7 Å². The molecule has 4 aromatic rings. The summed E-state index contributed by atoms with van der Waals surface area (Å²) in [6.07, 6.45) is 1.79. The van der Waals surface area contributed by atoms with E-state index >= 15 is 0 Å². The first kappa shape index (κ1) is 25.1. The van der Waals surface area contributed by atoms with Gasteiger partial charge in [-0.2, -0.15) is 0 Å². The highest BCUT2D eigenvalue weighted by Gasteiger charge is 2.47. The number of benzene rings is 3. The smallest absolute Gasteiger partial charge is 0.300 e. The minimum Gasteiger partial charge on any atom is -0.507 e. The summed E-state index contributed by atoms with van der Waals surface area (Å²) < 4.78 is 11.4. The van der Waals surface area contributed by atoms with Gasteiger partial charge in [0.05, 0.1) is 24.8 Å². The third-order valence-electron chi connectivity index (χ3n) is 6.48. The van der Waals surface area contributed by atoms with Gasteiger partial charge in [0.1, 0.15) is 17.3 Å². The number of carbonyl (C=O) groups is 2. The quantitative estimate of drug-likeness (QED) is 0.167. The van der Waals surface area contributed by atoms with Crippen LogP contribution >= 0.6 is 0 Å². The summed E-state index contributed by atoms with van der Waals surface area (Å²) in [5.74, 6) is -0.143. The molecular formula is C31H30N2O5.